The number of hydrogen-bond donors (Lipinski definition) is 1. The highest BCUT2D eigenvalue weighted by Crippen LogP contribution is 2.20. The van der Waals surface area contributed by atoms with Gasteiger partial charge in [-0.2, -0.15) is 5.10 Å². The predicted molar refractivity (Wildman–Crippen MR) is 62.6 cm³/mol. The second-order valence-corrected chi connectivity index (χ2v) is 4.28. The summed E-state index contributed by atoms with van der Waals surface area (Å²) in [6.45, 7) is 4.35. The minimum Gasteiger partial charge on any atom is -0.394 e. The van der Waals surface area contributed by atoms with Crippen LogP contribution in [-0.2, 0) is 4.74 Å². The van der Waals surface area contributed by atoms with E-state index < -0.39 is 0 Å². The molecule has 1 aliphatic rings. The molecule has 6 heteroatoms. The molecule has 6 nitrogen and oxygen atoms in total. The Morgan fingerprint density at radius 1 is 1.29 bits per heavy atom. The van der Waals surface area contributed by atoms with E-state index in [9.17, 15) is 0 Å². The number of nitrogens with zero attached hydrogens (tertiary/aromatic N) is 4. The van der Waals surface area contributed by atoms with Gasteiger partial charge in [0.05, 0.1) is 25.9 Å². The number of hydrogen-bond acceptors (Lipinski definition) is 5. The zero-order valence-electron chi connectivity index (χ0n) is 10.0. The number of aliphatic hydroxyl groups excluding tert-OH is 1. The van der Waals surface area contributed by atoms with Crippen LogP contribution in [0, 0.1) is 0 Å². The Morgan fingerprint density at radius 3 is 2.76 bits per heavy atom. The average molecular weight is 240 g/mol. The van der Waals surface area contributed by atoms with Gasteiger partial charge >= 0.3 is 0 Å². The van der Waals surface area contributed by atoms with E-state index in [1.165, 1.54) is 0 Å². The van der Waals surface area contributed by atoms with E-state index in [0.717, 1.165) is 32.5 Å². The van der Waals surface area contributed by atoms with Crippen LogP contribution in [0.15, 0.2) is 12.7 Å². The van der Waals surface area contributed by atoms with Gasteiger partial charge in [-0.3, -0.25) is 0 Å². The summed E-state index contributed by atoms with van der Waals surface area (Å²) >= 11 is 0. The molecule has 1 aliphatic heterocycles. The van der Waals surface area contributed by atoms with Crippen LogP contribution < -0.4 is 0 Å². The van der Waals surface area contributed by atoms with Gasteiger partial charge in [-0.15, -0.1) is 0 Å². The average Bonchev–Trinajstić information content (AvgIpc) is 2.89. The van der Waals surface area contributed by atoms with Crippen molar-refractivity contribution < 1.29 is 9.84 Å². The van der Waals surface area contributed by atoms with Crippen molar-refractivity contribution in [1.82, 2.24) is 19.7 Å². The molecule has 2 rings (SSSR count). The summed E-state index contributed by atoms with van der Waals surface area (Å²) in [4.78, 5) is 6.37. The van der Waals surface area contributed by atoms with E-state index in [-0.39, 0.29) is 6.61 Å². The Morgan fingerprint density at radius 2 is 2.12 bits per heavy atom. The van der Waals surface area contributed by atoms with Crippen LogP contribution >= 0.6 is 0 Å². The standard InChI is InChI=1S/C11H20N4O2/c16-6-8-17-7-5-14-3-1-11(2-4-14)15-10-12-9-13-15/h9-11,16H,1-8H2. The van der Waals surface area contributed by atoms with Gasteiger partial charge in [-0.25, -0.2) is 9.67 Å². The van der Waals surface area contributed by atoms with Crippen LogP contribution in [0.25, 0.3) is 0 Å². The molecule has 0 spiro atoms. The lowest BCUT2D eigenvalue weighted by Gasteiger charge is -2.31. The molecule has 1 aromatic heterocycles. The zero-order valence-corrected chi connectivity index (χ0v) is 10.0. The summed E-state index contributed by atoms with van der Waals surface area (Å²) in [5.74, 6) is 0. The Balaban J connectivity index is 1.64. The van der Waals surface area contributed by atoms with Crippen LogP contribution in [0.1, 0.15) is 18.9 Å². The van der Waals surface area contributed by atoms with Crippen LogP contribution in [0.4, 0.5) is 0 Å². The van der Waals surface area contributed by atoms with Crippen molar-refractivity contribution in [2.75, 3.05) is 39.5 Å². The van der Waals surface area contributed by atoms with Gasteiger partial charge in [0.15, 0.2) is 0 Å². The highest BCUT2D eigenvalue weighted by molar-refractivity contribution is 4.76. The van der Waals surface area contributed by atoms with Crippen LogP contribution in [-0.4, -0.2) is 64.2 Å². The Bertz CT molecular complexity index is 296. The van der Waals surface area contributed by atoms with E-state index in [1.54, 1.807) is 12.7 Å². The van der Waals surface area contributed by atoms with Crippen LogP contribution in [0.5, 0.6) is 0 Å². The predicted octanol–water partition coefficient (Wildman–Crippen LogP) is -0.0761. The largest absolute Gasteiger partial charge is 0.394 e. The van der Waals surface area contributed by atoms with Crippen molar-refractivity contribution >= 4 is 0 Å². The SMILES string of the molecule is OCCOCCN1CCC(n2cncn2)CC1. The number of ether oxygens (including phenoxy) is 1. The molecule has 96 valence electrons. The number of likely N-dealkylation sites (tertiary alicyclic amines) is 1. The second-order valence-electron chi connectivity index (χ2n) is 4.28. The molecule has 0 aromatic carbocycles. The maximum atomic E-state index is 8.59. The quantitative estimate of drug-likeness (QED) is 0.705. The maximum absolute atomic E-state index is 8.59. The van der Waals surface area contributed by atoms with Crippen molar-refractivity contribution in [3.05, 3.63) is 12.7 Å². The fraction of sp³-hybridized carbons (Fsp3) is 0.818. The van der Waals surface area contributed by atoms with E-state index in [4.69, 9.17) is 9.84 Å². The first-order valence-electron chi connectivity index (χ1n) is 6.15. The number of aliphatic hydroxyl groups is 1. The smallest absolute Gasteiger partial charge is 0.137 e. The van der Waals surface area contributed by atoms with Crippen molar-refractivity contribution in [2.24, 2.45) is 0 Å². The van der Waals surface area contributed by atoms with Gasteiger partial charge in [-0.05, 0) is 12.8 Å². The summed E-state index contributed by atoms with van der Waals surface area (Å²) in [7, 11) is 0. The monoisotopic (exact) mass is 240 g/mol. The molecule has 0 aliphatic carbocycles. The molecule has 1 N–H and O–H groups in total. The van der Waals surface area contributed by atoms with E-state index in [2.05, 4.69) is 15.0 Å². The molecule has 1 fully saturated rings. The van der Waals surface area contributed by atoms with Crippen molar-refractivity contribution in [1.29, 1.82) is 0 Å². The van der Waals surface area contributed by atoms with E-state index in [0.29, 0.717) is 19.3 Å². The normalized spacial score (nSPS) is 18.6. The molecule has 2 heterocycles. The fourth-order valence-electron chi connectivity index (χ4n) is 2.17. The number of piperidine rings is 1. The van der Waals surface area contributed by atoms with Crippen LogP contribution in [0.2, 0.25) is 0 Å². The van der Waals surface area contributed by atoms with Crippen LogP contribution in [0.3, 0.4) is 0 Å². The first kappa shape index (κ1) is 12.5. The molecule has 0 radical (unpaired) electrons. The fourth-order valence-corrected chi connectivity index (χ4v) is 2.17. The summed E-state index contributed by atoms with van der Waals surface area (Å²) in [6, 6.07) is 0.493. The Labute approximate surface area is 101 Å². The van der Waals surface area contributed by atoms with E-state index in [1.807, 2.05) is 4.68 Å². The van der Waals surface area contributed by atoms with Gasteiger partial charge in [-0.1, -0.05) is 0 Å². The molecule has 0 saturated carbocycles. The van der Waals surface area contributed by atoms with Gasteiger partial charge in [0.1, 0.15) is 12.7 Å². The molecular weight excluding hydrogens is 220 g/mol. The molecule has 17 heavy (non-hydrogen) atoms. The Hall–Kier alpha value is -0.980. The lowest BCUT2D eigenvalue weighted by Crippen LogP contribution is -2.37. The summed E-state index contributed by atoms with van der Waals surface area (Å²) in [6.07, 6.45) is 5.62. The lowest BCUT2D eigenvalue weighted by atomic mass is 10.1. The molecule has 1 aromatic rings. The molecule has 0 unspecified atom stereocenters. The maximum Gasteiger partial charge on any atom is 0.137 e. The summed E-state index contributed by atoms with van der Waals surface area (Å²) in [5, 5.41) is 12.8. The van der Waals surface area contributed by atoms with Gasteiger partial charge < -0.3 is 14.7 Å². The number of aromatic nitrogens is 3. The van der Waals surface area contributed by atoms with Crippen molar-refractivity contribution in [3.8, 4) is 0 Å². The molecule has 0 atom stereocenters. The highest BCUT2D eigenvalue weighted by atomic mass is 16.5. The minimum atomic E-state index is 0.106. The first-order chi connectivity index (χ1) is 8.40. The van der Waals surface area contributed by atoms with Gasteiger partial charge in [0, 0.05) is 19.6 Å². The van der Waals surface area contributed by atoms with Crippen molar-refractivity contribution in [2.45, 2.75) is 18.9 Å². The summed E-state index contributed by atoms with van der Waals surface area (Å²) < 4.78 is 7.22. The lowest BCUT2D eigenvalue weighted by molar-refractivity contribution is 0.0648. The van der Waals surface area contributed by atoms with Crippen molar-refractivity contribution in [3.63, 3.8) is 0 Å². The molecule has 0 amide bonds. The van der Waals surface area contributed by atoms with Gasteiger partial charge in [0.25, 0.3) is 0 Å². The molecule has 1 saturated heterocycles. The van der Waals surface area contributed by atoms with E-state index >= 15 is 0 Å². The highest BCUT2D eigenvalue weighted by Gasteiger charge is 2.20. The third-order valence-electron chi connectivity index (χ3n) is 3.16. The summed E-state index contributed by atoms with van der Waals surface area (Å²) in [5.41, 5.74) is 0. The first-order valence-corrected chi connectivity index (χ1v) is 6.15. The zero-order chi connectivity index (χ0) is 11.9. The third-order valence-corrected chi connectivity index (χ3v) is 3.16. The topological polar surface area (TPSA) is 63.4 Å². The molecule has 0 bridgehead atoms. The second kappa shape index (κ2) is 6.68. The number of rotatable bonds is 6. The Kier molecular flexibility index (Phi) is 4.90. The minimum absolute atomic E-state index is 0.106. The third kappa shape index (κ3) is 3.76. The molecular formula is C11H20N4O2. The van der Waals surface area contributed by atoms with Gasteiger partial charge in [0.2, 0.25) is 0 Å².